The Morgan fingerprint density at radius 3 is 2.83 bits per heavy atom. The second-order valence-corrected chi connectivity index (χ2v) is 8.55. The monoisotopic (exact) mass is 477 g/mol. The smallest absolute Gasteiger partial charge is 0.407 e. The first kappa shape index (κ1) is 22.5. The van der Waals surface area contributed by atoms with Crippen LogP contribution < -0.4 is 10.2 Å². The van der Waals surface area contributed by atoms with Crippen LogP contribution in [0.15, 0.2) is 42.9 Å². The fourth-order valence-electron chi connectivity index (χ4n) is 4.65. The highest BCUT2D eigenvalue weighted by Crippen LogP contribution is 2.30. The van der Waals surface area contributed by atoms with Gasteiger partial charge in [0.25, 0.3) is 5.91 Å². The summed E-state index contributed by atoms with van der Waals surface area (Å²) in [6, 6.07) is 6.40. The van der Waals surface area contributed by atoms with E-state index in [2.05, 4.69) is 25.4 Å². The number of fused-ring (bicyclic) bond motifs is 2. The number of benzene rings is 1. The number of aromatic nitrogens is 4. The molecule has 0 radical (unpaired) electrons. The topological polar surface area (TPSA) is 116 Å². The molecule has 5 rings (SSSR count). The standard InChI is InChI=1S/C24H24FN7O3/c1-3-16-13-30(8-9-32(16)24(34)35)20-5-4-18(21-17(20)6-7-26-29-21)23(33)28-15-10-19(25)22-27-14(2)11-31(22)12-15/h4-7,10-12,16H,3,8-9,13H2,1-2H3,(H,28,33)(H,34,35)/t16-/m0/s1. The Morgan fingerprint density at radius 1 is 1.23 bits per heavy atom. The molecule has 1 aliphatic rings. The summed E-state index contributed by atoms with van der Waals surface area (Å²) in [7, 11) is 0. The largest absolute Gasteiger partial charge is 0.465 e. The number of hydrogen-bond acceptors (Lipinski definition) is 6. The van der Waals surface area contributed by atoms with E-state index < -0.39 is 17.8 Å². The average molecular weight is 478 g/mol. The van der Waals surface area contributed by atoms with Crippen molar-refractivity contribution in [3.8, 4) is 0 Å². The van der Waals surface area contributed by atoms with E-state index >= 15 is 0 Å². The Labute approximate surface area is 200 Å². The van der Waals surface area contributed by atoms with Crippen LogP contribution >= 0.6 is 0 Å². The van der Waals surface area contributed by atoms with Crippen molar-refractivity contribution in [2.45, 2.75) is 26.3 Å². The lowest BCUT2D eigenvalue weighted by atomic mass is 10.0. The van der Waals surface area contributed by atoms with Crippen LogP contribution in [0.5, 0.6) is 0 Å². The summed E-state index contributed by atoms with van der Waals surface area (Å²) in [5, 5.41) is 21.1. The first-order valence-corrected chi connectivity index (χ1v) is 11.3. The van der Waals surface area contributed by atoms with Crippen LogP contribution in [0.25, 0.3) is 16.6 Å². The van der Waals surface area contributed by atoms with Gasteiger partial charge in [0.2, 0.25) is 0 Å². The van der Waals surface area contributed by atoms with Gasteiger partial charge in [-0.3, -0.25) is 4.79 Å². The molecule has 1 fully saturated rings. The summed E-state index contributed by atoms with van der Waals surface area (Å²) in [6.07, 6.45) is 4.61. The molecule has 4 heterocycles. The Balaban J connectivity index is 1.46. The van der Waals surface area contributed by atoms with E-state index in [9.17, 15) is 19.1 Å². The quantitative estimate of drug-likeness (QED) is 0.462. The fourth-order valence-corrected chi connectivity index (χ4v) is 4.65. The zero-order valence-electron chi connectivity index (χ0n) is 19.3. The number of carbonyl (C=O) groups excluding carboxylic acids is 1. The van der Waals surface area contributed by atoms with Crippen LogP contribution in [0.3, 0.4) is 0 Å². The molecule has 0 bridgehead atoms. The van der Waals surface area contributed by atoms with Crippen molar-refractivity contribution in [2.24, 2.45) is 0 Å². The van der Waals surface area contributed by atoms with Crippen LogP contribution in [0, 0.1) is 12.7 Å². The maximum atomic E-state index is 14.5. The molecule has 2 N–H and O–H groups in total. The minimum absolute atomic E-state index is 0.134. The zero-order chi connectivity index (χ0) is 24.7. The van der Waals surface area contributed by atoms with Gasteiger partial charge in [-0.15, -0.1) is 5.10 Å². The Kier molecular flexibility index (Phi) is 5.67. The van der Waals surface area contributed by atoms with Gasteiger partial charge in [0.1, 0.15) is 5.52 Å². The van der Waals surface area contributed by atoms with Gasteiger partial charge in [-0.1, -0.05) is 6.92 Å². The zero-order valence-corrected chi connectivity index (χ0v) is 19.3. The third kappa shape index (κ3) is 4.09. The minimum atomic E-state index is -0.917. The summed E-state index contributed by atoms with van der Waals surface area (Å²) in [5.41, 5.74) is 2.71. The van der Waals surface area contributed by atoms with Crippen molar-refractivity contribution in [1.29, 1.82) is 0 Å². The summed E-state index contributed by atoms with van der Waals surface area (Å²) in [4.78, 5) is 32.4. The van der Waals surface area contributed by atoms with E-state index in [4.69, 9.17) is 0 Å². The second-order valence-electron chi connectivity index (χ2n) is 8.55. The number of anilines is 2. The van der Waals surface area contributed by atoms with Crippen LogP contribution in [0.1, 0.15) is 29.4 Å². The van der Waals surface area contributed by atoms with Crippen molar-refractivity contribution >= 4 is 39.9 Å². The highest BCUT2D eigenvalue weighted by molar-refractivity contribution is 6.13. The Bertz CT molecular complexity index is 1450. The minimum Gasteiger partial charge on any atom is -0.465 e. The van der Waals surface area contributed by atoms with Gasteiger partial charge in [-0.25, -0.2) is 14.2 Å². The number of pyridine rings is 1. The number of rotatable bonds is 4. The summed E-state index contributed by atoms with van der Waals surface area (Å²) >= 11 is 0. The number of piperazine rings is 1. The lowest BCUT2D eigenvalue weighted by molar-refractivity contribution is 0.102. The van der Waals surface area contributed by atoms with Crippen molar-refractivity contribution in [1.82, 2.24) is 24.5 Å². The number of aryl methyl sites for hydroxylation is 1. The number of imidazole rings is 1. The van der Waals surface area contributed by atoms with Crippen LogP contribution in [-0.4, -0.2) is 67.3 Å². The van der Waals surface area contributed by atoms with E-state index in [1.165, 1.54) is 15.4 Å². The maximum absolute atomic E-state index is 14.5. The van der Waals surface area contributed by atoms with E-state index in [1.807, 2.05) is 13.0 Å². The van der Waals surface area contributed by atoms with Gasteiger partial charge < -0.3 is 24.6 Å². The molecule has 0 unspecified atom stereocenters. The van der Waals surface area contributed by atoms with E-state index in [-0.39, 0.29) is 17.4 Å². The molecule has 1 aromatic carbocycles. The van der Waals surface area contributed by atoms with Gasteiger partial charge in [0.05, 0.1) is 29.2 Å². The normalized spacial score (nSPS) is 16.1. The van der Waals surface area contributed by atoms with Crippen molar-refractivity contribution < 1.29 is 19.1 Å². The fraction of sp³-hybridized carbons (Fsp3) is 0.292. The van der Waals surface area contributed by atoms with Crippen molar-refractivity contribution in [3.05, 3.63) is 59.9 Å². The highest BCUT2D eigenvalue weighted by Gasteiger charge is 2.30. The summed E-state index contributed by atoms with van der Waals surface area (Å²) in [6.45, 7) is 5.18. The lowest BCUT2D eigenvalue weighted by Gasteiger charge is -2.41. The predicted molar refractivity (Wildman–Crippen MR) is 128 cm³/mol. The molecular weight excluding hydrogens is 453 g/mol. The van der Waals surface area contributed by atoms with Crippen molar-refractivity contribution in [2.75, 3.05) is 29.9 Å². The van der Waals surface area contributed by atoms with Crippen LogP contribution in [0.2, 0.25) is 0 Å². The molecule has 1 saturated heterocycles. The first-order chi connectivity index (χ1) is 16.9. The van der Waals surface area contributed by atoms with E-state index in [0.717, 1.165) is 11.1 Å². The van der Waals surface area contributed by atoms with Crippen molar-refractivity contribution in [3.63, 3.8) is 0 Å². The highest BCUT2D eigenvalue weighted by atomic mass is 19.1. The van der Waals surface area contributed by atoms with Gasteiger partial charge in [0, 0.05) is 49.2 Å². The molecule has 0 aliphatic carbocycles. The summed E-state index contributed by atoms with van der Waals surface area (Å²) < 4.78 is 16.0. The molecule has 2 amide bonds. The Morgan fingerprint density at radius 2 is 2.06 bits per heavy atom. The molecule has 1 aliphatic heterocycles. The molecule has 1 atom stereocenters. The number of hydrogen-bond donors (Lipinski definition) is 2. The molecular formula is C24H24FN7O3. The third-order valence-electron chi connectivity index (χ3n) is 6.33. The van der Waals surface area contributed by atoms with Crippen LogP contribution in [0.4, 0.5) is 20.6 Å². The third-order valence-corrected chi connectivity index (χ3v) is 6.33. The molecule has 11 heteroatoms. The van der Waals surface area contributed by atoms with E-state index in [1.54, 1.807) is 37.6 Å². The molecule has 0 saturated carbocycles. The lowest BCUT2D eigenvalue weighted by Crippen LogP contribution is -2.54. The number of amides is 2. The maximum Gasteiger partial charge on any atom is 0.407 e. The van der Waals surface area contributed by atoms with E-state index in [0.29, 0.717) is 42.8 Å². The predicted octanol–water partition coefficient (Wildman–Crippen LogP) is 3.56. The number of carboxylic acid groups (broad SMARTS) is 1. The number of halogens is 1. The number of nitrogens with one attached hydrogen (secondary N) is 1. The second kappa shape index (κ2) is 8.82. The average Bonchev–Trinajstić information content (AvgIpc) is 3.23. The van der Waals surface area contributed by atoms with Gasteiger partial charge in [-0.05, 0) is 31.5 Å². The molecule has 10 nitrogen and oxygen atoms in total. The number of carbonyl (C=O) groups is 2. The molecule has 0 spiro atoms. The molecule has 3 aromatic heterocycles. The Hall–Kier alpha value is -4.28. The van der Waals surface area contributed by atoms with Gasteiger partial charge in [0.15, 0.2) is 11.5 Å². The first-order valence-electron chi connectivity index (χ1n) is 11.3. The van der Waals surface area contributed by atoms with Gasteiger partial charge >= 0.3 is 6.09 Å². The molecule has 35 heavy (non-hydrogen) atoms. The SMILES string of the molecule is CC[C@H]1CN(c2ccc(C(=O)Nc3cc(F)c4nc(C)cn4c3)c3nnccc23)CCN1C(=O)O. The molecule has 180 valence electrons. The molecule has 4 aromatic rings. The van der Waals surface area contributed by atoms with Gasteiger partial charge in [-0.2, -0.15) is 5.10 Å². The number of nitrogens with zero attached hydrogens (tertiary/aromatic N) is 6. The van der Waals surface area contributed by atoms with Crippen LogP contribution in [-0.2, 0) is 0 Å². The summed E-state index contributed by atoms with van der Waals surface area (Å²) in [5.74, 6) is -0.985.